The Balaban J connectivity index is 1.59. The molecular formula is C27H44O4. The molecule has 4 heteroatoms. The fourth-order valence-corrected chi connectivity index (χ4v) is 8.92. The molecule has 31 heavy (non-hydrogen) atoms. The summed E-state index contributed by atoms with van der Waals surface area (Å²) in [4.78, 5) is 13.2. The molecule has 0 unspecified atom stereocenters. The Labute approximate surface area is 188 Å². The monoisotopic (exact) mass is 432 g/mol. The van der Waals surface area contributed by atoms with Crippen LogP contribution in [0.15, 0.2) is 11.6 Å². The van der Waals surface area contributed by atoms with Crippen LogP contribution in [0.5, 0.6) is 0 Å². The van der Waals surface area contributed by atoms with E-state index in [1.54, 1.807) is 0 Å². The van der Waals surface area contributed by atoms with Gasteiger partial charge in [0.15, 0.2) is 0 Å². The van der Waals surface area contributed by atoms with E-state index in [0.29, 0.717) is 24.2 Å². The van der Waals surface area contributed by atoms with Crippen LogP contribution in [-0.4, -0.2) is 38.9 Å². The molecule has 10 atom stereocenters. The van der Waals surface area contributed by atoms with E-state index in [1.807, 2.05) is 6.92 Å². The van der Waals surface area contributed by atoms with E-state index in [1.165, 1.54) is 24.8 Å². The van der Waals surface area contributed by atoms with Gasteiger partial charge >= 0.3 is 0 Å². The summed E-state index contributed by atoms with van der Waals surface area (Å²) in [6.45, 7) is 11.1. The van der Waals surface area contributed by atoms with Gasteiger partial charge in [0.1, 0.15) is 11.4 Å². The second-order valence-electron chi connectivity index (χ2n) is 12.3. The average Bonchev–Trinajstić information content (AvgIpc) is 3.02. The minimum absolute atomic E-state index is 0.0456. The fourth-order valence-electron chi connectivity index (χ4n) is 8.92. The van der Waals surface area contributed by atoms with Crippen LogP contribution in [0.1, 0.15) is 92.4 Å². The lowest BCUT2D eigenvalue weighted by Crippen LogP contribution is -2.71. The number of allylic oxidation sites excluding steroid dienone is 2. The molecule has 0 aromatic heterocycles. The highest BCUT2D eigenvalue weighted by molar-refractivity contribution is 5.88. The first-order chi connectivity index (χ1) is 14.4. The topological polar surface area (TPSA) is 77.8 Å². The van der Waals surface area contributed by atoms with Crippen molar-refractivity contribution in [3.63, 3.8) is 0 Å². The molecule has 0 amide bonds. The zero-order valence-electron chi connectivity index (χ0n) is 20.2. The Morgan fingerprint density at radius 1 is 1.16 bits per heavy atom. The number of carbonyl (C=O) groups excluding carboxylic acids is 1. The summed E-state index contributed by atoms with van der Waals surface area (Å²) < 4.78 is 0. The van der Waals surface area contributed by atoms with Crippen LogP contribution in [-0.2, 0) is 4.79 Å². The summed E-state index contributed by atoms with van der Waals surface area (Å²) in [6, 6.07) is 0. The van der Waals surface area contributed by atoms with E-state index in [4.69, 9.17) is 0 Å². The first-order valence-corrected chi connectivity index (χ1v) is 12.7. The smallest absolute Gasteiger partial charge is 0.144 e. The number of aliphatic hydroxyl groups is 3. The van der Waals surface area contributed by atoms with Crippen LogP contribution in [0.4, 0.5) is 0 Å². The van der Waals surface area contributed by atoms with Gasteiger partial charge in [-0.15, -0.1) is 0 Å². The summed E-state index contributed by atoms with van der Waals surface area (Å²) in [5.41, 5.74) is -0.786. The van der Waals surface area contributed by atoms with Crippen molar-refractivity contribution < 1.29 is 20.1 Å². The van der Waals surface area contributed by atoms with Crippen molar-refractivity contribution in [1.29, 1.82) is 0 Å². The maximum atomic E-state index is 13.2. The van der Waals surface area contributed by atoms with Crippen molar-refractivity contribution in [2.45, 2.75) is 110 Å². The van der Waals surface area contributed by atoms with Crippen molar-refractivity contribution in [2.75, 3.05) is 0 Å². The largest absolute Gasteiger partial charge is 0.393 e. The van der Waals surface area contributed by atoms with Gasteiger partial charge in [0, 0.05) is 12.8 Å². The lowest BCUT2D eigenvalue weighted by molar-refractivity contribution is -0.251. The molecule has 4 aliphatic rings. The first kappa shape index (κ1) is 23.4. The number of fused-ring (bicyclic) bond motifs is 5. The SMILES string of the molecule is CC(C)=CCC[C@@H](C)[C@H]1CC[C@H]2[C@@H]3C[C@@H](O)[C@@]4(O)C[C@@H](O)CC(=O)[C@]4(C)[C@H]3CC[C@]12C. The molecule has 4 saturated carbocycles. The molecule has 0 bridgehead atoms. The van der Waals surface area contributed by atoms with Gasteiger partial charge in [-0.2, -0.15) is 0 Å². The number of aliphatic hydroxyl groups excluding tert-OH is 2. The van der Waals surface area contributed by atoms with Crippen molar-refractivity contribution in [3.8, 4) is 0 Å². The van der Waals surface area contributed by atoms with E-state index < -0.39 is 23.2 Å². The van der Waals surface area contributed by atoms with Crippen LogP contribution in [0.3, 0.4) is 0 Å². The summed E-state index contributed by atoms with van der Waals surface area (Å²) >= 11 is 0. The molecule has 0 radical (unpaired) electrons. The summed E-state index contributed by atoms with van der Waals surface area (Å²) in [5.74, 6) is 2.23. The zero-order valence-corrected chi connectivity index (χ0v) is 20.2. The molecule has 0 saturated heterocycles. The van der Waals surface area contributed by atoms with Crippen LogP contribution in [0, 0.1) is 40.4 Å². The van der Waals surface area contributed by atoms with Gasteiger partial charge in [-0.05, 0) is 101 Å². The second kappa shape index (κ2) is 7.95. The van der Waals surface area contributed by atoms with E-state index in [9.17, 15) is 20.1 Å². The average molecular weight is 433 g/mol. The van der Waals surface area contributed by atoms with Gasteiger partial charge in [-0.25, -0.2) is 0 Å². The molecule has 4 fully saturated rings. The van der Waals surface area contributed by atoms with Gasteiger partial charge in [0.05, 0.1) is 17.6 Å². The van der Waals surface area contributed by atoms with Crippen LogP contribution in [0.2, 0.25) is 0 Å². The minimum Gasteiger partial charge on any atom is -0.393 e. The number of Topliss-reactive ketones (excluding diaryl/α,β-unsaturated/α-hetero) is 1. The molecule has 0 aromatic carbocycles. The molecule has 3 N–H and O–H groups in total. The van der Waals surface area contributed by atoms with Gasteiger partial charge in [0.2, 0.25) is 0 Å². The third kappa shape index (κ3) is 3.38. The number of ketones is 1. The van der Waals surface area contributed by atoms with E-state index in [0.717, 1.165) is 19.3 Å². The van der Waals surface area contributed by atoms with Crippen molar-refractivity contribution in [3.05, 3.63) is 11.6 Å². The Morgan fingerprint density at radius 3 is 2.55 bits per heavy atom. The summed E-state index contributed by atoms with van der Waals surface area (Å²) in [6.07, 6.45) is 8.20. The second-order valence-corrected chi connectivity index (χ2v) is 12.3. The van der Waals surface area contributed by atoms with Gasteiger partial charge < -0.3 is 15.3 Å². The van der Waals surface area contributed by atoms with Gasteiger partial charge in [0.25, 0.3) is 0 Å². The van der Waals surface area contributed by atoms with Crippen LogP contribution in [0.25, 0.3) is 0 Å². The molecule has 4 rings (SSSR count). The molecule has 4 aliphatic carbocycles. The highest BCUT2D eigenvalue weighted by Crippen LogP contribution is 2.68. The molecule has 0 aliphatic heterocycles. The third-order valence-electron chi connectivity index (χ3n) is 10.6. The Hall–Kier alpha value is -0.710. The van der Waals surface area contributed by atoms with E-state index in [2.05, 4.69) is 33.8 Å². The minimum atomic E-state index is -1.49. The predicted molar refractivity (Wildman–Crippen MR) is 122 cm³/mol. The lowest BCUT2D eigenvalue weighted by atomic mass is 9.42. The lowest BCUT2D eigenvalue weighted by Gasteiger charge is -2.64. The Bertz CT molecular complexity index is 742. The molecule has 4 nitrogen and oxygen atoms in total. The molecular weight excluding hydrogens is 388 g/mol. The molecule has 0 spiro atoms. The Morgan fingerprint density at radius 2 is 1.87 bits per heavy atom. The fraction of sp³-hybridized carbons (Fsp3) is 0.889. The normalized spacial score (nSPS) is 50.3. The number of hydrogen-bond donors (Lipinski definition) is 3. The number of rotatable bonds is 4. The Kier molecular flexibility index (Phi) is 6.02. The van der Waals surface area contributed by atoms with Gasteiger partial charge in [-0.1, -0.05) is 25.5 Å². The third-order valence-corrected chi connectivity index (χ3v) is 10.6. The quantitative estimate of drug-likeness (QED) is 0.565. The summed E-state index contributed by atoms with van der Waals surface area (Å²) in [7, 11) is 0. The molecule has 0 aromatic rings. The highest BCUT2D eigenvalue weighted by atomic mass is 16.3. The number of carbonyl (C=O) groups is 1. The van der Waals surface area contributed by atoms with Crippen LogP contribution >= 0.6 is 0 Å². The van der Waals surface area contributed by atoms with Crippen molar-refractivity contribution in [1.82, 2.24) is 0 Å². The maximum Gasteiger partial charge on any atom is 0.144 e. The van der Waals surface area contributed by atoms with Crippen LogP contribution < -0.4 is 0 Å². The van der Waals surface area contributed by atoms with E-state index >= 15 is 0 Å². The number of hydrogen-bond acceptors (Lipinski definition) is 4. The standard InChI is InChI=1S/C27H44O4/c1-16(2)7-6-8-17(3)20-9-10-21-19-14-24(30)27(31)15-18(28)13-23(29)26(27,5)22(19)11-12-25(20,21)4/h7,17-22,24,28,30-31H,6,8-15H2,1-5H3/t17-,18+,19+,20-,21+,22+,24-,25-,26+,27+/m1/s1. The zero-order chi connectivity index (χ0) is 22.8. The highest BCUT2D eigenvalue weighted by Gasteiger charge is 2.70. The first-order valence-electron chi connectivity index (χ1n) is 12.7. The molecule has 176 valence electrons. The van der Waals surface area contributed by atoms with Gasteiger partial charge in [-0.3, -0.25) is 4.79 Å². The maximum absolute atomic E-state index is 13.2. The molecule has 0 heterocycles. The predicted octanol–water partition coefficient (Wildman–Crippen LogP) is 4.65. The van der Waals surface area contributed by atoms with Crippen molar-refractivity contribution >= 4 is 5.78 Å². The van der Waals surface area contributed by atoms with E-state index in [-0.39, 0.29) is 35.9 Å². The summed E-state index contributed by atoms with van der Waals surface area (Å²) in [5, 5.41) is 32.9. The van der Waals surface area contributed by atoms with Crippen molar-refractivity contribution in [2.24, 2.45) is 40.4 Å².